The van der Waals surface area contributed by atoms with Gasteiger partial charge in [0.15, 0.2) is 0 Å². The Morgan fingerprint density at radius 3 is 1.97 bits per heavy atom. The number of Topliss-reactive ketones (excluding diaryl/α,β-unsaturated/α-hetero) is 1. The fourth-order valence-corrected chi connectivity index (χ4v) is 4.54. The second-order valence-corrected chi connectivity index (χ2v) is 9.54. The first-order valence-corrected chi connectivity index (χ1v) is 13.5. The third-order valence-electron chi connectivity index (χ3n) is 6.27. The molecule has 0 radical (unpaired) electrons. The van der Waals surface area contributed by atoms with E-state index in [-0.39, 0.29) is 6.10 Å². The van der Waals surface area contributed by atoms with Gasteiger partial charge in [-0.2, -0.15) is 0 Å². The molecule has 0 aliphatic carbocycles. The third kappa shape index (κ3) is 11.4. The molecule has 0 heterocycles. The van der Waals surface area contributed by atoms with Gasteiger partial charge in [-0.1, -0.05) is 101 Å². The second kappa shape index (κ2) is 17.0. The predicted molar refractivity (Wildman–Crippen MR) is 139 cm³/mol. The first kappa shape index (κ1) is 26.7. The molecule has 2 aromatic rings. The van der Waals surface area contributed by atoms with Gasteiger partial charge in [-0.3, -0.25) is 4.79 Å². The first-order chi connectivity index (χ1) is 15.7. The van der Waals surface area contributed by atoms with E-state index in [1.54, 1.807) is 0 Å². The van der Waals surface area contributed by atoms with Crippen LogP contribution in [0.2, 0.25) is 0 Å². The number of ketones is 1. The van der Waals surface area contributed by atoms with Crippen molar-refractivity contribution >= 4 is 28.2 Å². The predicted octanol–water partition coefficient (Wildman–Crippen LogP) is 9.27. The topological polar surface area (TPSA) is 26.3 Å². The Bertz CT molecular complexity index is 752. The quantitative estimate of drug-likeness (QED) is 0.155. The Balaban J connectivity index is 1.39. The van der Waals surface area contributed by atoms with Gasteiger partial charge in [0.25, 0.3) is 0 Å². The number of alkyl halides is 1. The zero-order valence-corrected chi connectivity index (χ0v) is 20.9. The molecule has 0 spiro atoms. The van der Waals surface area contributed by atoms with Crippen LogP contribution in [0.25, 0.3) is 10.8 Å². The van der Waals surface area contributed by atoms with Gasteiger partial charge in [0.05, 0.1) is 6.10 Å². The average molecular weight is 459 g/mol. The highest BCUT2D eigenvalue weighted by molar-refractivity contribution is 6.19. The molecule has 0 N–H and O–H groups in total. The van der Waals surface area contributed by atoms with E-state index >= 15 is 0 Å². The Hall–Kier alpha value is -1.54. The molecule has 0 amide bonds. The van der Waals surface area contributed by atoms with Crippen LogP contribution in [0.15, 0.2) is 42.5 Å². The first-order valence-electron chi connectivity index (χ1n) is 12.9. The molecule has 3 heteroatoms. The maximum Gasteiger partial charge on any atom is 0.134 e. The summed E-state index contributed by atoms with van der Waals surface area (Å²) in [6.07, 6.45) is 18.2. The summed E-state index contributed by atoms with van der Waals surface area (Å²) in [5, 5.41) is 2.45. The van der Waals surface area contributed by atoms with Crippen molar-refractivity contribution in [1.29, 1.82) is 0 Å². The zero-order chi connectivity index (χ0) is 22.9. The van der Waals surface area contributed by atoms with E-state index in [2.05, 4.69) is 49.4 Å². The lowest BCUT2D eigenvalue weighted by Crippen LogP contribution is -2.11. The summed E-state index contributed by atoms with van der Waals surface area (Å²) < 4.78 is 6.24. The van der Waals surface area contributed by atoms with Gasteiger partial charge in [-0.25, -0.2) is 0 Å². The maximum atomic E-state index is 11.4. The van der Waals surface area contributed by atoms with Crippen molar-refractivity contribution in [3.8, 4) is 5.75 Å². The molecule has 1 unspecified atom stereocenters. The summed E-state index contributed by atoms with van der Waals surface area (Å²) in [6.45, 7) is 2.19. The van der Waals surface area contributed by atoms with Crippen LogP contribution in [0.5, 0.6) is 5.75 Å². The summed E-state index contributed by atoms with van der Waals surface area (Å²) in [5.74, 6) is 1.81. The standard InChI is InChI=1S/C29H43ClO2/c1-25(32-29-22-16-19-26-18-14-15-21-28(26)29)17-12-10-8-6-4-2-3-5-7-9-11-13-20-27(31)23-24-30/h14-16,18-19,21-22,25H,2-13,17,20,23-24H2,1H3. The van der Waals surface area contributed by atoms with E-state index in [1.165, 1.54) is 81.4 Å². The molecule has 2 aromatic carbocycles. The Labute approximate surface area is 201 Å². The van der Waals surface area contributed by atoms with E-state index in [1.807, 2.05) is 0 Å². The fourth-order valence-electron chi connectivity index (χ4n) is 4.33. The van der Waals surface area contributed by atoms with E-state index in [4.69, 9.17) is 16.3 Å². The van der Waals surface area contributed by atoms with Crippen molar-refractivity contribution in [3.63, 3.8) is 0 Å². The molecule has 0 aromatic heterocycles. The Kier molecular flexibility index (Phi) is 14.2. The van der Waals surface area contributed by atoms with Crippen molar-refractivity contribution in [1.82, 2.24) is 0 Å². The Morgan fingerprint density at radius 1 is 0.750 bits per heavy atom. The lowest BCUT2D eigenvalue weighted by molar-refractivity contribution is -0.118. The molecule has 0 saturated carbocycles. The number of fused-ring (bicyclic) bond motifs is 1. The van der Waals surface area contributed by atoms with Crippen LogP contribution < -0.4 is 4.74 Å². The van der Waals surface area contributed by atoms with Gasteiger partial charge >= 0.3 is 0 Å². The monoisotopic (exact) mass is 458 g/mol. The van der Waals surface area contributed by atoms with Crippen molar-refractivity contribution in [2.24, 2.45) is 0 Å². The smallest absolute Gasteiger partial charge is 0.134 e. The number of hydrogen-bond acceptors (Lipinski definition) is 2. The minimum Gasteiger partial charge on any atom is -0.490 e. The van der Waals surface area contributed by atoms with Crippen LogP contribution in [0.1, 0.15) is 103 Å². The molecule has 1 atom stereocenters. The summed E-state index contributed by atoms with van der Waals surface area (Å²) >= 11 is 5.58. The molecule has 0 aliphatic rings. The van der Waals surface area contributed by atoms with Gasteiger partial charge in [-0.15, -0.1) is 11.6 Å². The summed E-state index contributed by atoms with van der Waals surface area (Å²) in [6, 6.07) is 14.7. The van der Waals surface area contributed by atoms with E-state index in [0.29, 0.717) is 18.1 Å². The van der Waals surface area contributed by atoms with Gasteiger partial charge < -0.3 is 4.74 Å². The third-order valence-corrected chi connectivity index (χ3v) is 6.46. The van der Waals surface area contributed by atoms with Gasteiger partial charge in [0.1, 0.15) is 11.5 Å². The molecule has 0 bridgehead atoms. The number of carbonyl (C=O) groups is 1. The lowest BCUT2D eigenvalue weighted by atomic mass is 10.0. The minimum atomic E-state index is 0.263. The molecule has 2 rings (SSSR count). The van der Waals surface area contributed by atoms with Crippen LogP contribution in [-0.4, -0.2) is 17.8 Å². The zero-order valence-electron chi connectivity index (χ0n) is 20.1. The molecular formula is C29H43ClO2. The largest absolute Gasteiger partial charge is 0.490 e. The van der Waals surface area contributed by atoms with Crippen LogP contribution in [0.3, 0.4) is 0 Å². The van der Waals surface area contributed by atoms with Crippen LogP contribution in [0, 0.1) is 0 Å². The number of carbonyl (C=O) groups excluding carboxylic acids is 1. The number of halogens is 1. The van der Waals surface area contributed by atoms with Crippen molar-refractivity contribution in [2.75, 3.05) is 5.88 Å². The van der Waals surface area contributed by atoms with Crippen LogP contribution in [0.4, 0.5) is 0 Å². The van der Waals surface area contributed by atoms with Crippen molar-refractivity contribution < 1.29 is 9.53 Å². The van der Waals surface area contributed by atoms with Crippen molar-refractivity contribution in [2.45, 2.75) is 109 Å². The minimum absolute atomic E-state index is 0.263. The number of hydrogen-bond donors (Lipinski definition) is 0. The average Bonchev–Trinajstić information content (AvgIpc) is 2.79. The second-order valence-electron chi connectivity index (χ2n) is 9.16. The van der Waals surface area contributed by atoms with Gasteiger partial charge in [0, 0.05) is 24.1 Å². The SMILES string of the molecule is CC(CCCCCCCCCCCCCCC(=O)CCCl)Oc1cccc2ccccc12. The number of rotatable bonds is 19. The molecule has 2 nitrogen and oxygen atoms in total. The van der Waals surface area contributed by atoms with Crippen LogP contribution in [-0.2, 0) is 4.79 Å². The highest BCUT2D eigenvalue weighted by Crippen LogP contribution is 2.27. The highest BCUT2D eigenvalue weighted by atomic mass is 35.5. The maximum absolute atomic E-state index is 11.4. The highest BCUT2D eigenvalue weighted by Gasteiger charge is 2.07. The summed E-state index contributed by atoms with van der Waals surface area (Å²) in [5.41, 5.74) is 0. The number of benzene rings is 2. The summed E-state index contributed by atoms with van der Waals surface area (Å²) in [4.78, 5) is 11.4. The molecule has 0 fully saturated rings. The number of unbranched alkanes of at least 4 members (excludes halogenated alkanes) is 11. The summed E-state index contributed by atoms with van der Waals surface area (Å²) in [7, 11) is 0. The van der Waals surface area contributed by atoms with E-state index in [9.17, 15) is 4.79 Å². The number of ether oxygens (including phenoxy) is 1. The molecular weight excluding hydrogens is 416 g/mol. The molecule has 0 saturated heterocycles. The fraction of sp³-hybridized carbons (Fsp3) is 0.621. The lowest BCUT2D eigenvalue weighted by Gasteiger charge is -2.16. The van der Waals surface area contributed by atoms with Gasteiger partial charge in [-0.05, 0) is 37.6 Å². The normalized spacial score (nSPS) is 12.2. The van der Waals surface area contributed by atoms with Crippen molar-refractivity contribution in [3.05, 3.63) is 42.5 Å². The van der Waals surface area contributed by atoms with Crippen LogP contribution >= 0.6 is 11.6 Å². The molecule has 178 valence electrons. The Morgan fingerprint density at radius 2 is 1.31 bits per heavy atom. The molecule has 32 heavy (non-hydrogen) atoms. The van der Waals surface area contributed by atoms with E-state index < -0.39 is 0 Å². The molecule has 0 aliphatic heterocycles. The van der Waals surface area contributed by atoms with E-state index in [0.717, 1.165) is 25.0 Å². The van der Waals surface area contributed by atoms with Gasteiger partial charge in [0.2, 0.25) is 0 Å².